The van der Waals surface area contributed by atoms with Crippen LogP contribution in [0, 0.1) is 0 Å². The molecule has 0 aliphatic heterocycles. The number of methoxy groups -OCH3 is 2. The maximum Gasteiger partial charge on any atom is 0.200 e. The second-order valence-corrected chi connectivity index (χ2v) is 5.20. The molecule has 0 radical (unpaired) electrons. The van der Waals surface area contributed by atoms with E-state index in [-0.39, 0.29) is 12.0 Å². The molecular weight excluding hydrogens is 252 g/mol. The second kappa shape index (κ2) is 5.17. The topological polar surface area (TPSA) is 38.7 Å². The van der Waals surface area contributed by atoms with Gasteiger partial charge in [0, 0.05) is 19.2 Å². The van der Waals surface area contributed by atoms with Gasteiger partial charge >= 0.3 is 0 Å². The number of halogens is 1. The average molecular weight is 271 g/mol. The highest BCUT2D eigenvalue weighted by molar-refractivity contribution is 6.30. The summed E-state index contributed by atoms with van der Waals surface area (Å²) in [7, 11) is 3.16. The maximum atomic E-state index is 9.72. The number of aliphatic hydroxyl groups is 1. The minimum atomic E-state index is -0.973. The van der Waals surface area contributed by atoms with Gasteiger partial charge in [-0.05, 0) is 30.5 Å². The molecule has 18 heavy (non-hydrogen) atoms. The van der Waals surface area contributed by atoms with Crippen molar-refractivity contribution in [2.75, 3.05) is 20.8 Å². The average Bonchev–Trinajstić information content (AvgIpc) is 2.35. The van der Waals surface area contributed by atoms with Crippen molar-refractivity contribution in [3.05, 3.63) is 34.9 Å². The molecule has 1 fully saturated rings. The molecular formula is C14H19ClO3. The SMILES string of the molecule is COC(CO)(OC)C1(c2ccc(Cl)cc2)CCC1. The van der Waals surface area contributed by atoms with Gasteiger partial charge in [0.05, 0.1) is 12.0 Å². The van der Waals surface area contributed by atoms with Gasteiger partial charge in [-0.25, -0.2) is 0 Å². The molecule has 0 saturated heterocycles. The third-order valence-electron chi connectivity index (χ3n) is 4.20. The molecule has 3 nitrogen and oxygen atoms in total. The fourth-order valence-corrected chi connectivity index (χ4v) is 3.07. The van der Waals surface area contributed by atoms with Crippen molar-refractivity contribution in [1.29, 1.82) is 0 Å². The first-order valence-electron chi connectivity index (χ1n) is 6.11. The zero-order valence-electron chi connectivity index (χ0n) is 10.8. The van der Waals surface area contributed by atoms with Crippen LogP contribution >= 0.6 is 11.6 Å². The van der Waals surface area contributed by atoms with E-state index in [2.05, 4.69) is 0 Å². The van der Waals surface area contributed by atoms with Crippen molar-refractivity contribution in [3.63, 3.8) is 0 Å². The molecule has 2 rings (SSSR count). The maximum absolute atomic E-state index is 9.72. The molecule has 1 saturated carbocycles. The van der Waals surface area contributed by atoms with Gasteiger partial charge in [0.1, 0.15) is 0 Å². The Balaban J connectivity index is 2.44. The number of hydrogen-bond acceptors (Lipinski definition) is 3. The lowest BCUT2D eigenvalue weighted by atomic mass is 9.59. The number of aliphatic hydroxyl groups excluding tert-OH is 1. The molecule has 1 aliphatic carbocycles. The molecule has 1 aromatic carbocycles. The Hall–Kier alpha value is -0.610. The molecule has 0 bridgehead atoms. The van der Waals surface area contributed by atoms with Crippen molar-refractivity contribution in [3.8, 4) is 0 Å². The Morgan fingerprint density at radius 1 is 1.22 bits per heavy atom. The van der Waals surface area contributed by atoms with Gasteiger partial charge in [0.2, 0.25) is 5.79 Å². The zero-order valence-corrected chi connectivity index (χ0v) is 11.5. The van der Waals surface area contributed by atoms with E-state index >= 15 is 0 Å². The van der Waals surface area contributed by atoms with Gasteiger partial charge in [-0.2, -0.15) is 0 Å². The van der Waals surface area contributed by atoms with Crippen LogP contribution in [0.5, 0.6) is 0 Å². The van der Waals surface area contributed by atoms with E-state index in [9.17, 15) is 5.11 Å². The minimum Gasteiger partial charge on any atom is -0.391 e. The van der Waals surface area contributed by atoms with Gasteiger partial charge < -0.3 is 14.6 Å². The van der Waals surface area contributed by atoms with E-state index in [1.807, 2.05) is 24.3 Å². The van der Waals surface area contributed by atoms with Crippen LogP contribution in [0.2, 0.25) is 5.02 Å². The Bertz CT molecular complexity index is 386. The molecule has 100 valence electrons. The van der Waals surface area contributed by atoms with E-state index in [1.54, 1.807) is 14.2 Å². The standard InChI is InChI=1S/C14H19ClO3/c1-17-14(10-16,18-2)13(8-3-9-13)11-4-6-12(15)7-5-11/h4-7,16H,3,8-10H2,1-2H3. The molecule has 0 amide bonds. The van der Waals surface area contributed by atoms with Gasteiger partial charge in [-0.15, -0.1) is 0 Å². The highest BCUT2D eigenvalue weighted by Gasteiger charge is 2.57. The highest BCUT2D eigenvalue weighted by Crippen LogP contribution is 2.53. The van der Waals surface area contributed by atoms with Crippen molar-refractivity contribution in [1.82, 2.24) is 0 Å². The van der Waals surface area contributed by atoms with Crippen LogP contribution in [-0.4, -0.2) is 31.7 Å². The van der Waals surface area contributed by atoms with Crippen molar-refractivity contribution >= 4 is 11.6 Å². The Labute approximate surface area is 113 Å². The third kappa shape index (κ3) is 1.86. The molecule has 4 heteroatoms. The summed E-state index contributed by atoms with van der Waals surface area (Å²) in [5.41, 5.74) is 0.825. The fourth-order valence-electron chi connectivity index (χ4n) is 2.94. The number of hydrogen-bond donors (Lipinski definition) is 1. The number of rotatable bonds is 5. The zero-order chi connectivity index (χ0) is 13.2. The van der Waals surface area contributed by atoms with E-state index in [0.29, 0.717) is 5.02 Å². The summed E-state index contributed by atoms with van der Waals surface area (Å²) in [5, 5.41) is 10.4. The summed E-state index contributed by atoms with van der Waals surface area (Å²) in [6.45, 7) is -0.164. The summed E-state index contributed by atoms with van der Waals surface area (Å²) in [6, 6.07) is 7.71. The monoisotopic (exact) mass is 270 g/mol. The molecule has 0 spiro atoms. The Morgan fingerprint density at radius 3 is 2.11 bits per heavy atom. The van der Waals surface area contributed by atoms with Crippen LogP contribution in [0.1, 0.15) is 24.8 Å². The minimum absolute atomic E-state index is 0.164. The Kier molecular flexibility index (Phi) is 3.97. The first-order chi connectivity index (χ1) is 8.64. The van der Waals surface area contributed by atoms with Crippen molar-refractivity contribution in [2.45, 2.75) is 30.5 Å². The van der Waals surface area contributed by atoms with Crippen molar-refractivity contribution < 1.29 is 14.6 Å². The molecule has 1 aromatic rings. The molecule has 1 aliphatic rings. The van der Waals surface area contributed by atoms with Gasteiger partial charge in [0.25, 0.3) is 0 Å². The van der Waals surface area contributed by atoms with Crippen LogP contribution in [0.25, 0.3) is 0 Å². The molecule has 0 aromatic heterocycles. The first-order valence-corrected chi connectivity index (χ1v) is 6.49. The Morgan fingerprint density at radius 2 is 1.78 bits per heavy atom. The summed E-state index contributed by atoms with van der Waals surface area (Å²) in [4.78, 5) is 0. The van der Waals surface area contributed by atoms with Crippen molar-refractivity contribution in [2.24, 2.45) is 0 Å². The smallest absolute Gasteiger partial charge is 0.200 e. The lowest BCUT2D eigenvalue weighted by Crippen LogP contribution is -2.60. The van der Waals surface area contributed by atoms with E-state index in [1.165, 1.54) is 0 Å². The summed E-state index contributed by atoms with van der Waals surface area (Å²) >= 11 is 5.93. The summed E-state index contributed by atoms with van der Waals surface area (Å²) in [5.74, 6) is -0.973. The van der Waals surface area contributed by atoms with Gasteiger partial charge in [-0.3, -0.25) is 0 Å². The van der Waals surface area contributed by atoms with Crippen LogP contribution in [-0.2, 0) is 14.9 Å². The molecule has 0 unspecified atom stereocenters. The lowest BCUT2D eigenvalue weighted by Gasteiger charge is -2.53. The normalized spacial score (nSPS) is 18.4. The number of ether oxygens (including phenoxy) is 2. The highest BCUT2D eigenvalue weighted by atomic mass is 35.5. The lowest BCUT2D eigenvalue weighted by molar-refractivity contribution is -0.283. The van der Waals surface area contributed by atoms with Crippen LogP contribution < -0.4 is 0 Å². The molecule has 0 heterocycles. The van der Waals surface area contributed by atoms with E-state index in [4.69, 9.17) is 21.1 Å². The first kappa shape index (κ1) is 13.8. The summed E-state index contributed by atoms with van der Waals surface area (Å²) in [6.07, 6.45) is 2.99. The second-order valence-electron chi connectivity index (χ2n) is 4.76. The van der Waals surface area contributed by atoms with Crippen LogP contribution in [0.4, 0.5) is 0 Å². The van der Waals surface area contributed by atoms with Crippen LogP contribution in [0.3, 0.4) is 0 Å². The van der Waals surface area contributed by atoms with Gasteiger partial charge in [-0.1, -0.05) is 30.2 Å². The third-order valence-corrected chi connectivity index (χ3v) is 4.45. The predicted octanol–water partition coefficient (Wildman–Crippen LogP) is 2.74. The van der Waals surface area contributed by atoms with E-state index < -0.39 is 5.79 Å². The molecule has 1 N–H and O–H groups in total. The predicted molar refractivity (Wildman–Crippen MR) is 70.8 cm³/mol. The molecule has 0 atom stereocenters. The van der Waals surface area contributed by atoms with E-state index in [0.717, 1.165) is 24.8 Å². The quantitative estimate of drug-likeness (QED) is 0.836. The van der Waals surface area contributed by atoms with Crippen LogP contribution in [0.15, 0.2) is 24.3 Å². The van der Waals surface area contributed by atoms with Gasteiger partial charge in [0.15, 0.2) is 0 Å². The number of benzene rings is 1. The fraction of sp³-hybridized carbons (Fsp3) is 0.571. The summed E-state index contributed by atoms with van der Waals surface area (Å²) < 4.78 is 11.0. The largest absolute Gasteiger partial charge is 0.391 e.